The van der Waals surface area contributed by atoms with Gasteiger partial charge in [0.05, 0.1) is 12.0 Å². The van der Waals surface area contributed by atoms with E-state index in [0.29, 0.717) is 12.8 Å². The Morgan fingerprint density at radius 3 is 2.56 bits per heavy atom. The lowest BCUT2D eigenvalue weighted by Crippen LogP contribution is -2.48. The lowest BCUT2D eigenvalue weighted by Gasteiger charge is -2.27. The highest BCUT2D eigenvalue weighted by molar-refractivity contribution is 5.72. The van der Waals surface area contributed by atoms with Crippen molar-refractivity contribution in [2.45, 2.75) is 37.6 Å². The third-order valence-corrected chi connectivity index (χ3v) is 2.75. The van der Waals surface area contributed by atoms with E-state index in [4.69, 9.17) is 9.84 Å². The first-order valence-electron chi connectivity index (χ1n) is 5.36. The van der Waals surface area contributed by atoms with Crippen molar-refractivity contribution in [3.8, 4) is 0 Å². The van der Waals surface area contributed by atoms with E-state index in [2.05, 4.69) is 11.9 Å². The number of alkyl carbamates (subject to hydrolysis) is 1. The first kappa shape index (κ1) is 12.5. The van der Waals surface area contributed by atoms with Crippen molar-refractivity contribution < 1.29 is 19.4 Å². The van der Waals surface area contributed by atoms with Gasteiger partial charge in [-0.2, -0.15) is 0 Å². The molecule has 16 heavy (non-hydrogen) atoms. The van der Waals surface area contributed by atoms with E-state index in [-0.39, 0.29) is 13.0 Å². The number of carbonyl (C=O) groups excluding carboxylic acids is 1. The summed E-state index contributed by atoms with van der Waals surface area (Å²) in [5, 5.41) is 11.5. The maximum atomic E-state index is 11.4. The second kappa shape index (κ2) is 5.53. The molecule has 0 saturated heterocycles. The number of ether oxygens (including phenoxy) is 1. The summed E-state index contributed by atoms with van der Waals surface area (Å²) < 4.78 is 4.80. The van der Waals surface area contributed by atoms with Crippen LogP contribution in [0.15, 0.2) is 12.7 Å². The summed E-state index contributed by atoms with van der Waals surface area (Å²) in [6.45, 7) is 3.56. The van der Waals surface area contributed by atoms with E-state index in [1.54, 1.807) is 0 Å². The van der Waals surface area contributed by atoms with Gasteiger partial charge in [0, 0.05) is 0 Å². The van der Waals surface area contributed by atoms with Crippen LogP contribution in [0.3, 0.4) is 0 Å². The number of aliphatic carboxylic acids is 1. The van der Waals surface area contributed by atoms with Crippen LogP contribution in [0, 0.1) is 0 Å². The second-order valence-corrected chi connectivity index (χ2v) is 4.07. The van der Waals surface area contributed by atoms with E-state index in [0.717, 1.165) is 12.8 Å². The molecular formula is C11H17NO4. The molecule has 0 heterocycles. The second-order valence-electron chi connectivity index (χ2n) is 4.07. The van der Waals surface area contributed by atoms with Crippen molar-refractivity contribution in [2.24, 2.45) is 0 Å². The van der Waals surface area contributed by atoms with Crippen LogP contribution >= 0.6 is 0 Å². The van der Waals surface area contributed by atoms with Gasteiger partial charge in [0.25, 0.3) is 0 Å². The first-order chi connectivity index (χ1) is 7.58. The molecule has 1 fully saturated rings. The average molecular weight is 227 g/mol. The normalized spacial score (nSPS) is 17.8. The van der Waals surface area contributed by atoms with Crippen molar-refractivity contribution in [3.05, 3.63) is 12.7 Å². The van der Waals surface area contributed by atoms with Gasteiger partial charge in [0.2, 0.25) is 0 Å². The van der Waals surface area contributed by atoms with Crippen LogP contribution in [0.2, 0.25) is 0 Å². The van der Waals surface area contributed by atoms with E-state index in [1.807, 2.05) is 0 Å². The zero-order chi connectivity index (χ0) is 12.0. The molecule has 0 aliphatic heterocycles. The highest BCUT2D eigenvalue weighted by Crippen LogP contribution is 2.32. The Morgan fingerprint density at radius 2 is 2.06 bits per heavy atom. The van der Waals surface area contributed by atoms with E-state index < -0.39 is 17.6 Å². The van der Waals surface area contributed by atoms with Crippen molar-refractivity contribution >= 4 is 12.1 Å². The smallest absolute Gasteiger partial charge is 0.407 e. The molecule has 0 atom stereocenters. The van der Waals surface area contributed by atoms with Crippen LogP contribution in [-0.4, -0.2) is 29.3 Å². The molecule has 90 valence electrons. The predicted octanol–water partition coefficient (Wildman–Crippen LogP) is 1.69. The molecule has 0 spiro atoms. The monoisotopic (exact) mass is 227 g/mol. The molecule has 1 saturated carbocycles. The summed E-state index contributed by atoms with van der Waals surface area (Å²) in [7, 11) is 0. The third kappa shape index (κ3) is 3.56. The van der Waals surface area contributed by atoms with Crippen molar-refractivity contribution in [2.75, 3.05) is 6.61 Å². The van der Waals surface area contributed by atoms with Crippen LogP contribution in [0.25, 0.3) is 0 Å². The van der Waals surface area contributed by atoms with E-state index in [9.17, 15) is 9.59 Å². The largest absolute Gasteiger partial charge is 0.481 e. The van der Waals surface area contributed by atoms with Gasteiger partial charge < -0.3 is 15.2 Å². The number of rotatable bonds is 5. The Morgan fingerprint density at radius 1 is 1.44 bits per heavy atom. The van der Waals surface area contributed by atoms with Gasteiger partial charge in [-0.15, -0.1) is 0 Å². The summed E-state index contributed by atoms with van der Waals surface area (Å²) in [5.41, 5.74) is -0.621. The van der Waals surface area contributed by atoms with Crippen molar-refractivity contribution in [1.82, 2.24) is 5.32 Å². The standard InChI is InChI=1S/C11H17NO4/c1-2-7-16-10(15)12-11(8-9(13)14)5-3-4-6-11/h2H,1,3-8H2,(H,12,15)(H,13,14). The van der Waals surface area contributed by atoms with Crippen LogP contribution in [0.5, 0.6) is 0 Å². The Labute approximate surface area is 94.5 Å². The maximum absolute atomic E-state index is 11.4. The van der Waals surface area contributed by atoms with Gasteiger partial charge in [0.15, 0.2) is 0 Å². The van der Waals surface area contributed by atoms with Gasteiger partial charge in [-0.25, -0.2) is 4.79 Å². The highest BCUT2D eigenvalue weighted by atomic mass is 16.5. The molecule has 5 nitrogen and oxygen atoms in total. The van der Waals surface area contributed by atoms with Crippen LogP contribution in [-0.2, 0) is 9.53 Å². The number of carboxylic acid groups (broad SMARTS) is 1. The van der Waals surface area contributed by atoms with Crippen LogP contribution < -0.4 is 5.32 Å². The zero-order valence-electron chi connectivity index (χ0n) is 9.20. The van der Waals surface area contributed by atoms with Gasteiger partial charge in [-0.1, -0.05) is 25.5 Å². The number of nitrogens with one attached hydrogen (secondary N) is 1. The first-order valence-corrected chi connectivity index (χ1v) is 5.36. The molecule has 0 aromatic rings. The average Bonchev–Trinajstić information content (AvgIpc) is 2.62. The molecule has 1 amide bonds. The van der Waals surface area contributed by atoms with Crippen molar-refractivity contribution in [3.63, 3.8) is 0 Å². The predicted molar refractivity (Wildman–Crippen MR) is 58.1 cm³/mol. The molecular weight excluding hydrogens is 210 g/mol. The molecule has 1 aliphatic rings. The molecule has 0 unspecified atom stereocenters. The number of hydrogen-bond acceptors (Lipinski definition) is 3. The summed E-state index contributed by atoms with van der Waals surface area (Å²) in [6.07, 6.45) is 4.13. The quantitative estimate of drug-likeness (QED) is 0.701. The Balaban J connectivity index is 2.53. The topological polar surface area (TPSA) is 75.6 Å². The Bertz CT molecular complexity index is 282. The number of carboxylic acids is 1. The lowest BCUT2D eigenvalue weighted by atomic mass is 9.93. The summed E-state index contributed by atoms with van der Waals surface area (Å²) in [4.78, 5) is 22.1. The van der Waals surface area contributed by atoms with Crippen LogP contribution in [0.4, 0.5) is 4.79 Å². The molecule has 0 bridgehead atoms. The van der Waals surface area contributed by atoms with Crippen LogP contribution in [0.1, 0.15) is 32.1 Å². The molecule has 1 rings (SSSR count). The lowest BCUT2D eigenvalue weighted by molar-refractivity contribution is -0.138. The van der Waals surface area contributed by atoms with Gasteiger partial charge in [0.1, 0.15) is 6.61 Å². The fraction of sp³-hybridized carbons (Fsp3) is 0.636. The number of hydrogen-bond donors (Lipinski definition) is 2. The summed E-state index contributed by atoms with van der Waals surface area (Å²) >= 11 is 0. The molecule has 2 N–H and O–H groups in total. The van der Waals surface area contributed by atoms with Crippen molar-refractivity contribution in [1.29, 1.82) is 0 Å². The molecule has 5 heteroatoms. The Hall–Kier alpha value is -1.52. The zero-order valence-corrected chi connectivity index (χ0v) is 9.20. The number of carbonyl (C=O) groups is 2. The minimum absolute atomic E-state index is 0.0454. The van der Waals surface area contributed by atoms with E-state index in [1.165, 1.54) is 6.08 Å². The van der Waals surface area contributed by atoms with E-state index >= 15 is 0 Å². The minimum Gasteiger partial charge on any atom is -0.481 e. The molecule has 0 aromatic heterocycles. The molecule has 1 aliphatic carbocycles. The Kier molecular flexibility index (Phi) is 4.34. The number of amides is 1. The molecule has 0 aromatic carbocycles. The SMILES string of the molecule is C=CCOC(=O)NC1(CC(=O)O)CCCC1. The summed E-state index contributed by atoms with van der Waals surface area (Å²) in [5.74, 6) is -0.897. The maximum Gasteiger partial charge on any atom is 0.407 e. The third-order valence-electron chi connectivity index (χ3n) is 2.75. The highest BCUT2D eigenvalue weighted by Gasteiger charge is 2.37. The van der Waals surface area contributed by atoms with Gasteiger partial charge in [-0.05, 0) is 12.8 Å². The fourth-order valence-corrected chi connectivity index (χ4v) is 2.07. The van der Waals surface area contributed by atoms with Gasteiger partial charge >= 0.3 is 12.1 Å². The minimum atomic E-state index is -0.897. The molecule has 0 radical (unpaired) electrons. The fourth-order valence-electron chi connectivity index (χ4n) is 2.07. The van der Waals surface area contributed by atoms with Gasteiger partial charge in [-0.3, -0.25) is 4.79 Å². The summed E-state index contributed by atoms with van der Waals surface area (Å²) in [6, 6.07) is 0.